The molecule has 0 aliphatic carbocycles. The van der Waals surface area contributed by atoms with Crippen LogP contribution in [0.4, 0.5) is 5.69 Å². The number of nitrogen functional groups attached to an aromatic ring is 1. The van der Waals surface area contributed by atoms with Crippen LogP contribution in [0, 0.1) is 0 Å². The monoisotopic (exact) mass is 709 g/mol. The SMILES string of the molecule is Nc1ccc2cc(-c3cccc(-c4cccc(-c5cccc(-c6ccc(-c7cc8cc9cc%10ccccc%10cc9cc8oc7=O)cc6)c5)c4)c3)c(=O)oc2c1. The maximum atomic E-state index is 13.2. The zero-order chi connectivity index (χ0) is 37.0. The van der Waals surface area contributed by atoms with E-state index >= 15 is 0 Å². The molecule has 260 valence electrons. The van der Waals surface area contributed by atoms with E-state index in [1.165, 1.54) is 5.39 Å². The van der Waals surface area contributed by atoms with Gasteiger partial charge in [-0.25, -0.2) is 9.59 Å². The minimum absolute atomic E-state index is 0.362. The fourth-order valence-corrected chi connectivity index (χ4v) is 7.55. The second-order valence-corrected chi connectivity index (χ2v) is 13.9. The van der Waals surface area contributed by atoms with E-state index < -0.39 is 5.63 Å². The summed E-state index contributed by atoms with van der Waals surface area (Å²) >= 11 is 0. The molecule has 0 saturated carbocycles. The van der Waals surface area contributed by atoms with Crippen molar-refractivity contribution >= 4 is 49.2 Å². The zero-order valence-corrected chi connectivity index (χ0v) is 29.5. The Morgan fingerprint density at radius 3 is 1.38 bits per heavy atom. The Morgan fingerprint density at radius 1 is 0.309 bits per heavy atom. The van der Waals surface area contributed by atoms with Crippen LogP contribution in [0.5, 0.6) is 0 Å². The third kappa shape index (κ3) is 5.94. The molecule has 0 radical (unpaired) electrons. The maximum Gasteiger partial charge on any atom is 0.344 e. The Labute approximate surface area is 315 Å². The van der Waals surface area contributed by atoms with E-state index in [2.05, 4.69) is 72.8 Å². The van der Waals surface area contributed by atoms with E-state index in [0.29, 0.717) is 28.0 Å². The summed E-state index contributed by atoms with van der Waals surface area (Å²) in [5.74, 6) is 0. The number of benzene rings is 8. The van der Waals surface area contributed by atoms with Crippen molar-refractivity contribution in [3.63, 3.8) is 0 Å². The predicted molar refractivity (Wildman–Crippen MR) is 225 cm³/mol. The molecule has 5 nitrogen and oxygen atoms in total. The van der Waals surface area contributed by atoms with Crippen LogP contribution < -0.4 is 17.0 Å². The molecule has 5 heteroatoms. The molecule has 10 aromatic rings. The van der Waals surface area contributed by atoms with E-state index in [-0.39, 0.29) is 5.63 Å². The molecule has 10 rings (SSSR count). The summed E-state index contributed by atoms with van der Waals surface area (Å²) in [7, 11) is 0. The minimum Gasteiger partial charge on any atom is -0.422 e. The van der Waals surface area contributed by atoms with Gasteiger partial charge >= 0.3 is 11.3 Å². The first-order valence-corrected chi connectivity index (χ1v) is 18.1. The predicted octanol–water partition coefficient (Wildman–Crippen LogP) is 12.1. The van der Waals surface area contributed by atoms with Crippen molar-refractivity contribution in [2.75, 3.05) is 5.73 Å². The third-order valence-electron chi connectivity index (χ3n) is 10.4. The number of nitrogens with two attached hydrogens (primary N) is 1. The minimum atomic E-state index is -0.405. The maximum absolute atomic E-state index is 13.2. The second kappa shape index (κ2) is 12.9. The van der Waals surface area contributed by atoms with Crippen molar-refractivity contribution < 1.29 is 8.83 Å². The molecule has 0 saturated heterocycles. The van der Waals surface area contributed by atoms with Crippen molar-refractivity contribution in [1.82, 2.24) is 0 Å². The van der Waals surface area contributed by atoms with E-state index in [0.717, 1.165) is 71.4 Å². The first-order chi connectivity index (χ1) is 26.9. The zero-order valence-electron chi connectivity index (χ0n) is 29.5. The van der Waals surface area contributed by atoms with Crippen LogP contribution >= 0.6 is 0 Å². The molecule has 8 aromatic carbocycles. The molecular weight excluding hydrogens is 679 g/mol. The largest absolute Gasteiger partial charge is 0.422 e. The smallest absolute Gasteiger partial charge is 0.344 e. The average molecular weight is 710 g/mol. The number of hydrogen-bond donors (Lipinski definition) is 1. The lowest BCUT2D eigenvalue weighted by atomic mass is 9.94. The average Bonchev–Trinajstić information content (AvgIpc) is 3.22. The van der Waals surface area contributed by atoms with Crippen molar-refractivity contribution in [3.05, 3.63) is 197 Å². The fraction of sp³-hybridized carbons (Fsp3) is 0. The van der Waals surface area contributed by atoms with Crippen molar-refractivity contribution in [1.29, 1.82) is 0 Å². The highest BCUT2D eigenvalue weighted by molar-refractivity contribution is 6.04. The number of anilines is 1. The molecule has 0 fully saturated rings. The fourth-order valence-electron chi connectivity index (χ4n) is 7.55. The Kier molecular flexibility index (Phi) is 7.53. The summed E-state index contributed by atoms with van der Waals surface area (Å²) in [5, 5.41) is 6.15. The molecule has 0 aliphatic heterocycles. The molecular formula is C50H31NO4. The van der Waals surface area contributed by atoms with Gasteiger partial charge in [-0.15, -0.1) is 0 Å². The van der Waals surface area contributed by atoms with Crippen LogP contribution in [0.15, 0.2) is 194 Å². The summed E-state index contributed by atoms with van der Waals surface area (Å²) < 4.78 is 11.5. The topological polar surface area (TPSA) is 86.4 Å². The Morgan fingerprint density at radius 2 is 0.764 bits per heavy atom. The molecule has 0 aliphatic rings. The van der Waals surface area contributed by atoms with Crippen LogP contribution in [0.3, 0.4) is 0 Å². The van der Waals surface area contributed by atoms with E-state index in [1.807, 2.05) is 91.0 Å². The lowest BCUT2D eigenvalue weighted by Crippen LogP contribution is -2.03. The van der Waals surface area contributed by atoms with Gasteiger partial charge in [0.1, 0.15) is 11.2 Å². The van der Waals surface area contributed by atoms with Gasteiger partial charge in [0, 0.05) is 22.5 Å². The van der Waals surface area contributed by atoms with Gasteiger partial charge < -0.3 is 14.6 Å². The highest BCUT2D eigenvalue weighted by Gasteiger charge is 2.13. The molecule has 2 N–H and O–H groups in total. The van der Waals surface area contributed by atoms with Crippen molar-refractivity contribution in [2.24, 2.45) is 0 Å². The Hall–Kier alpha value is -7.50. The lowest BCUT2D eigenvalue weighted by Gasteiger charge is -2.10. The van der Waals surface area contributed by atoms with Crippen molar-refractivity contribution in [3.8, 4) is 55.6 Å². The molecule has 0 amide bonds. The molecule has 55 heavy (non-hydrogen) atoms. The van der Waals surface area contributed by atoms with Crippen LogP contribution in [0.2, 0.25) is 0 Å². The second-order valence-electron chi connectivity index (χ2n) is 13.9. The van der Waals surface area contributed by atoms with Gasteiger partial charge in [-0.3, -0.25) is 0 Å². The van der Waals surface area contributed by atoms with E-state index in [4.69, 9.17) is 14.6 Å². The standard InChI is InChI=1S/C50H31NO4/c51-44-19-18-40-26-46(50(53)55-48(40)29-44)39-13-5-12-38(22-39)37-11-4-10-36(21-37)35-9-3-8-32(20-35)30-14-16-31(17-15-30)45-27-43-25-41-23-33-6-1-2-7-34(33)24-42(41)28-47(43)54-49(45)52/h1-29H,51H2. The third-order valence-corrected chi connectivity index (χ3v) is 10.4. The van der Waals surface area contributed by atoms with Gasteiger partial charge in [-0.1, -0.05) is 103 Å². The lowest BCUT2D eigenvalue weighted by molar-refractivity contribution is 0.563. The van der Waals surface area contributed by atoms with Gasteiger partial charge in [-0.2, -0.15) is 0 Å². The highest BCUT2D eigenvalue weighted by atomic mass is 16.4. The van der Waals surface area contributed by atoms with Crippen LogP contribution in [0.1, 0.15) is 0 Å². The molecule has 2 aromatic heterocycles. The number of hydrogen-bond acceptors (Lipinski definition) is 5. The van der Waals surface area contributed by atoms with E-state index in [9.17, 15) is 9.59 Å². The first kappa shape index (κ1) is 32.2. The van der Waals surface area contributed by atoms with Crippen molar-refractivity contribution in [2.45, 2.75) is 0 Å². The van der Waals surface area contributed by atoms with Gasteiger partial charge in [0.2, 0.25) is 0 Å². The quantitative estimate of drug-likeness (QED) is 0.109. The Bertz CT molecular complexity index is 3270. The molecule has 0 bridgehead atoms. The summed E-state index contributed by atoms with van der Waals surface area (Å²) in [6.45, 7) is 0. The van der Waals surface area contributed by atoms with Crippen LogP contribution in [-0.4, -0.2) is 0 Å². The molecule has 0 atom stereocenters. The van der Waals surface area contributed by atoms with Gasteiger partial charge in [0.25, 0.3) is 0 Å². The molecule has 0 spiro atoms. The molecule has 2 heterocycles. The normalized spacial score (nSPS) is 11.5. The van der Waals surface area contributed by atoms with Gasteiger partial charge in [0.05, 0.1) is 11.1 Å². The molecule has 0 unspecified atom stereocenters. The summed E-state index contributed by atoms with van der Waals surface area (Å²) in [5.41, 5.74) is 15.6. The number of fused-ring (bicyclic) bond motifs is 4. The van der Waals surface area contributed by atoms with Gasteiger partial charge in [0.15, 0.2) is 0 Å². The van der Waals surface area contributed by atoms with Crippen LogP contribution in [-0.2, 0) is 0 Å². The Balaban J connectivity index is 0.938. The highest BCUT2D eigenvalue weighted by Crippen LogP contribution is 2.34. The summed E-state index contributed by atoms with van der Waals surface area (Å²) in [4.78, 5) is 26.2. The summed E-state index contributed by atoms with van der Waals surface area (Å²) in [6, 6.07) is 58.6. The first-order valence-electron chi connectivity index (χ1n) is 18.1. The summed E-state index contributed by atoms with van der Waals surface area (Å²) in [6.07, 6.45) is 0. The van der Waals surface area contributed by atoms with Gasteiger partial charge in [-0.05, 0) is 133 Å². The number of rotatable bonds is 5. The van der Waals surface area contributed by atoms with E-state index in [1.54, 1.807) is 12.1 Å². The van der Waals surface area contributed by atoms with Crippen LogP contribution in [0.25, 0.3) is 99.1 Å².